The van der Waals surface area contributed by atoms with E-state index in [2.05, 4.69) is 68.6 Å². The van der Waals surface area contributed by atoms with Crippen LogP contribution in [-0.4, -0.2) is 65.0 Å². The molecule has 1 fully saturated rings. The zero-order chi connectivity index (χ0) is 33.0. The van der Waals surface area contributed by atoms with Crippen molar-refractivity contribution in [2.24, 2.45) is 7.05 Å². The van der Waals surface area contributed by atoms with E-state index in [4.69, 9.17) is 14.7 Å². The molecule has 12 heteroatoms. The van der Waals surface area contributed by atoms with Crippen molar-refractivity contribution in [3.8, 4) is 22.6 Å². The number of imidazole rings is 1. The van der Waals surface area contributed by atoms with Gasteiger partial charge in [0.2, 0.25) is 0 Å². The van der Waals surface area contributed by atoms with Gasteiger partial charge in [-0.25, -0.2) is 19.9 Å². The van der Waals surface area contributed by atoms with Crippen LogP contribution in [0, 0.1) is 0 Å². The fraction of sp³-hybridized carbons (Fsp3) is 0.306. The van der Waals surface area contributed by atoms with E-state index >= 15 is 0 Å². The molecule has 0 spiro atoms. The average Bonchev–Trinajstić information content (AvgIpc) is 3.67. The number of aliphatic hydroxyl groups excluding tert-OH is 1. The van der Waals surface area contributed by atoms with Gasteiger partial charge in [-0.05, 0) is 43.0 Å². The minimum absolute atomic E-state index is 0.0000512. The van der Waals surface area contributed by atoms with Gasteiger partial charge in [0.05, 0.1) is 36.3 Å². The Morgan fingerprint density at radius 1 is 1.04 bits per heavy atom. The van der Waals surface area contributed by atoms with Crippen molar-refractivity contribution in [3.63, 3.8) is 0 Å². The normalized spacial score (nSPS) is 14.4. The second-order valence-electron chi connectivity index (χ2n) is 12.2. The molecule has 4 aromatic heterocycles. The van der Waals surface area contributed by atoms with Gasteiger partial charge < -0.3 is 25.2 Å². The number of nitrogens with one attached hydrogen (secondary N) is 2. The van der Waals surface area contributed by atoms with E-state index in [1.54, 1.807) is 25.5 Å². The molecule has 3 N–H and O–H groups in total. The molecule has 0 aliphatic carbocycles. The summed E-state index contributed by atoms with van der Waals surface area (Å²) >= 11 is 0. The molecular formula is C36H39N9O3. The van der Waals surface area contributed by atoms with Gasteiger partial charge in [0.15, 0.2) is 5.82 Å². The number of aromatic amines is 1. The lowest BCUT2D eigenvalue weighted by Gasteiger charge is -2.33. The van der Waals surface area contributed by atoms with Gasteiger partial charge in [0.25, 0.3) is 5.56 Å². The molecule has 2 aromatic carbocycles. The van der Waals surface area contributed by atoms with Crippen LogP contribution in [0.15, 0.2) is 90.2 Å². The molecule has 0 bridgehead atoms. The van der Waals surface area contributed by atoms with Crippen molar-refractivity contribution in [3.05, 3.63) is 107 Å². The van der Waals surface area contributed by atoms with Crippen molar-refractivity contribution >= 4 is 22.8 Å². The molecule has 6 aromatic rings. The highest BCUT2D eigenvalue weighted by molar-refractivity contribution is 5.80. The molecule has 246 valence electrons. The molecule has 1 saturated heterocycles. The number of hydrogen-bond donors (Lipinski definition) is 3. The van der Waals surface area contributed by atoms with E-state index in [0.717, 1.165) is 54.2 Å². The number of aliphatic hydroxyl groups is 1. The van der Waals surface area contributed by atoms with Crippen LogP contribution in [0.3, 0.4) is 0 Å². The third-order valence-corrected chi connectivity index (χ3v) is 8.90. The zero-order valence-corrected chi connectivity index (χ0v) is 27.1. The minimum atomic E-state index is -0.207. The number of benzene rings is 2. The lowest BCUT2D eigenvalue weighted by Crippen LogP contribution is -2.37. The van der Waals surface area contributed by atoms with Crippen LogP contribution < -0.4 is 15.8 Å². The Morgan fingerprint density at radius 2 is 1.88 bits per heavy atom. The number of fused-ring (bicyclic) bond motifs is 1. The maximum atomic E-state index is 12.4. The summed E-state index contributed by atoms with van der Waals surface area (Å²) in [5, 5.41) is 15.9. The SMILES string of the molecule is CC(CCO)c1nc(-c2cccc(N3CCC(OCc4ccccc4)CC3)c2)c2cnc(Nc3ccnc(-c4c[nH]n(C)c4=O)n3)cn12. The Hall–Kier alpha value is -5.33. The second kappa shape index (κ2) is 13.8. The molecule has 0 amide bonds. The summed E-state index contributed by atoms with van der Waals surface area (Å²) in [5.74, 6) is 2.21. The number of anilines is 3. The Balaban J connectivity index is 1.12. The molecule has 5 heterocycles. The van der Waals surface area contributed by atoms with Crippen LogP contribution in [0.1, 0.15) is 43.5 Å². The molecule has 7 rings (SSSR count). The largest absolute Gasteiger partial charge is 0.396 e. The predicted octanol–water partition coefficient (Wildman–Crippen LogP) is 5.30. The number of piperidine rings is 1. The Labute approximate surface area is 278 Å². The number of aryl methyl sites for hydroxylation is 1. The van der Waals surface area contributed by atoms with E-state index in [-0.39, 0.29) is 24.2 Å². The monoisotopic (exact) mass is 645 g/mol. The van der Waals surface area contributed by atoms with Crippen molar-refractivity contribution in [2.45, 2.75) is 44.8 Å². The Morgan fingerprint density at radius 3 is 2.65 bits per heavy atom. The van der Waals surface area contributed by atoms with Gasteiger partial charge in [0, 0.05) is 56.3 Å². The summed E-state index contributed by atoms with van der Waals surface area (Å²) in [6.07, 6.45) is 9.68. The summed E-state index contributed by atoms with van der Waals surface area (Å²) in [4.78, 5) is 33.5. The highest BCUT2D eigenvalue weighted by atomic mass is 16.5. The van der Waals surface area contributed by atoms with Gasteiger partial charge in [-0.3, -0.25) is 13.9 Å². The summed E-state index contributed by atoms with van der Waals surface area (Å²) in [6, 6.07) is 20.6. The zero-order valence-electron chi connectivity index (χ0n) is 27.1. The Kier molecular flexibility index (Phi) is 8.99. The first kappa shape index (κ1) is 31.3. The van der Waals surface area contributed by atoms with Crippen LogP contribution in [0.4, 0.5) is 17.3 Å². The first-order chi connectivity index (χ1) is 23.5. The molecule has 1 aliphatic rings. The summed E-state index contributed by atoms with van der Waals surface area (Å²) < 4.78 is 9.64. The molecule has 48 heavy (non-hydrogen) atoms. The predicted molar refractivity (Wildman–Crippen MR) is 185 cm³/mol. The van der Waals surface area contributed by atoms with Crippen molar-refractivity contribution < 1.29 is 9.84 Å². The molecule has 12 nitrogen and oxygen atoms in total. The number of hydrogen-bond acceptors (Lipinski definition) is 9. The van der Waals surface area contributed by atoms with Crippen LogP contribution in [0.5, 0.6) is 0 Å². The third-order valence-electron chi connectivity index (χ3n) is 8.90. The highest BCUT2D eigenvalue weighted by Crippen LogP contribution is 2.33. The van der Waals surface area contributed by atoms with E-state index in [9.17, 15) is 9.90 Å². The molecule has 0 saturated carbocycles. The minimum Gasteiger partial charge on any atom is -0.396 e. The molecule has 1 unspecified atom stereocenters. The highest BCUT2D eigenvalue weighted by Gasteiger charge is 2.22. The number of nitrogens with zero attached hydrogens (tertiary/aromatic N) is 7. The van der Waals surface area contributed by atoms with E-state index < -0.39 is 0 Å². The quantitative estimate of drug-likeness (QED) is 0.171. The lowest BCUT2D eigenvalue weighted by atomic mass is 10.0. The van der Waals surface area contributed by atoms with Crippen LogP contribution >= 0.6 is 0 Å². The van der Waals surface area contributed by atoms with Crippen molar-refractivity contribution in [2.75, 3.05) is 29.9 Å². The lowest BCUT2D eigenvalue weighted by molar-refractivity contribution is 0.0251. The third kappa shape index (κ3) is 6.57. The second-order valence-corrected chi connectivity index (χ2v) is 12.2. The van der Waals surface area contributed by atoms with E-state index in [1.807, 2.05) is 35.0 Å². The van der Waals surface area contributed by atoms with Gasteiger partial charge >= 0.3 is 0 Å². The summed E-state index contributed by atoms with van der Waals surface area (Å²) in [7, 11) is 1.64. The number of ether oxygens (including phenoxy) is 1. The number of H-pyrrole nitrogens is 1. The van der Waals surface area contributed by atoms with E-state index in [0.29, 0.717) is 36.1 Å². The topological polar surface area (TPSA) is 138 Å². The maximum absolute atomic E-state index is 12.4. The van der Waals surface area contributed by atoms with Gasteiger partial charge in [0.1, 0.15) is 23.0 Å². The van der Waals surface area contributed by atoms with Crippen LogP contribution in [0.25, 0.3) is 28.2 Å². The smallest absolute Gasteiger partial charge is 0.277 e. The van der Waals surface area contributed by atoms with Crippen LogP contribution in [-0.2, 0) is 18.4 Å². The molecule has 0 radical (unpaired) electrons. The maximum Gasteiger partial charge on any atom is 0.277 e. The van der Waals surface area contributed by atoms with Gasteiger partial charge in [-0.15, -0.1) is 0 Å². The fourth-order valence-electron chi connectivity index (χ4n) is 6.19. The molecular weight excluding hydrogens is 606 g/mol. The van der Waals surface area contributed by atoms with Crippen molar-refractivity contribution in [1.82, 2.24) is 34.1 Å². The summed E-state index contributed by atoms with van der Waals surface area (Å²) in [5.41, 5.74) is 5.24. The first-order valence-electron chi connectivity index (χ1n) is 16.3. The van der Waals surface area contributed by atoms with Crippen molar-refractivity contribution in [1.29, 1.82) is 0 Å². The average molecular weight is 646 g/mol. The molecule has 1 atom stereocenters. The fourth-order valence-corrected chi connectivity index (χ4v) is 6.19. The van der Waals surface area contributed by atoms with Crippen LogP contribution in [0.2, 0.25) is 0 Å². The Bertz CT molecular complexity index is 2060. The first-order valence-corrected chi connectivity index (χ1v) is 16.3. The standard InChI is InChI=1S/C36H39N9O3/c1-24(14-18-46)35-42-33(26-9-6-10-27(19-26)44-16-12-28(13-17-44)48-23-25-7-4-3-5-8-25)30-21-38-32(22-45(30)35)40-31-11-15-37-34(41-31)29-20-39-43(2)36(29)47/h3-11,15,19-22,24,28,39,46H,12-14,16-18,23H2,1-2H3,(H,37,40,41). The van der Waals surface area contributed by atoms with Gasteiger partial charge in [-0.2, -0.15) is 0 Å². The van der Waals surface area contributed by atoms with Gasteiger partial charge in [-0.1, -0.05) is 49.4 Å². The number of aromatic nitrogens is 7. The molecule has 1 aliphatic heterocycles. The van der Waals surface area contributed by atoms with E-state index in [1.165, 1.54) is 10.2 Å². The number of rotatable bonds is 11. The summed E-state index contributed by atoms with van der Waals surface area (Å²) in [6.45, 7) is 4.62.